The highest BCUT2D eigenvalue weighted by Crippen LogP contribution is 2.35. The van der Waals surface area contributed by atoms with Crippen molar-refractivity contribution in [3.8, 4) is 11.5 Å². The van der Waals surface area contributed by atoms with Crippen molar-refractivity contribution in [1.82, 2.24) is 3.97 Å². The molecule has 5 aromatic rings. The van der Waals surface area contributed by atoms with Gasteiger partial charge in [0.25, 0.3) is 10.0 Å². The van der Waals surface area contributed by atoms with Gasteiger partial charge in [0.05, 0.1) is 21.5 Å². The molecule has 1 heterocycles. The topological polar surface area (TPSA) is 85.6 Å². The van der Waals surface area contributed by atoms with E-state index in [0.29, 0.717) is 17.1 Å². The van der Waals surface area contributed by atoms with Crippen LogP contribution in [0.1, 0.15) is 27.2 Å². The molecular weight excluding hydrogens is 531 g/mol. The molecule has 1 N–H and O–H groups in total. The van der Waals surface area contributed by atoms with Gasteiger partial charge in [-0.2, -0.15) is 13.2 Å². The molecule has 0 saturated carbocycles. The first-order valence-electron chi connectivity index (χ1n) is 11.6. The van der Waals surface area contributed by atoms with E-state index in [2.05, 4.69) is 0 Å². The van der Waals surface area contributed by atoms with E-state index >= 15 is 0 Å². The van der Waals surface area contributed by atoms with E-state index in [4.69, 9.17) is 9.84 Å². The van der Waals surface area contributed by atoms with Gasteiger partial charge in [-0.3, -0.25) is 0 Å². The van der Waals surface area contributed by atoms with Crippen molar-refractivity contribution in [2.24, 2.45) is 0 Å². The molecule has 0 unspecified atom stereocenters. The van der Waals surface area contributed by atoms with Gasteiger partial charge in [-0.05, 0) is 78.4 Å². The van der Waals surface area contributed by atoms with Gasteiger partial charge in [-0.15, -0.1) is 0 Å². The number of carboxylic acid groups (broad SMARTS) is 1. The molecule has 0 saturated heterocycles. The molecular formula is C29H20F3NO5S. The lowest BCUT2D eigenvalue weighted by molar-refractivity contribution is -0.137. The van der Waals surface area contributed by atoms with Gasteiger partial charge in [-0.25, -0.2) is 17.2 Å². The maximum absolute atomic E-state index is 13.8. The molecule has 6 nitrogen and oxygen atoms in total. The van der Waals surface area contributed by atoms with Crippen LogP contribution in [0.2, 0.25) is 0 Å². The SMILES string of the molecule is O=C(O)c1ccc(Cc2cc3cc(C(F)(F)F)ccc3n2S(=O)(=O)c2ccc(Oc3ccccc3)cc2)cc1. The first-order valence-corrected chi connectivity index (χ1v) is 13.1. The fraction of sp³-hybridized carbons (Fsp3) is 0.0690. The van der Waals surface area contributed by atoms with Gasteiger partial charge < -0.3 is 9.84 Å². The molecule has 0 spiro atoms. The molecule has 0 aliphatic rings. The molecule has 10 heteroatoms. The third kappa shape index (κ3) is 5.37. The van der Waals surface area contributed by atoms with E-state index in [0.717, 1.165) is 22.2 Å². The third-order valence-electron chi connectivity index (χ3n) is 6.08. The lowest BCUT2D eigenvalue weighted by atomic mass is 10.1. The number of nitrogens with zero attached hydrogens (tertiary/aromatic N) is 1. The Labute approximate surface area is 221 Å². The van der Waals surface area contributed by atoms with Gasteiger partial charge in [0.15, 0.2) is 0 Å². The Morgan fingerprint density at radius 3 is 2.08 bits per heavy atom. The van der Waals surface area contributed by atoms with E-state index in [1.54, 1.807) is 24.3 Å². The van der Waals surface area contributed by atoms with Crippen LogP contribution >= 0.6 is 0 Å². The molecule has 0 fully saturated rings. The highest BCUT2D eigenvalue weighted by molar-refractivity contribution is 7.90. The minimum atomic E-state index is -4.60. The predicted octanol–water partition coefficient (Wildman–Crippen LogP) is 6.98. The molecule has 0 radical (unpaired) electrons. The number of benzene rings is 4. The van der Waals surface area contributed by atoms with E-state index in [-0.39, 0.29) is 33.5 Å². The van der Waals surface area contributed by atoms with Gasteiger partial charge in [0, 0.05) is 17.5 Å². The minimum absolute atomic E-state index is 0.0321. The molecule has 0 aliphatic heterocycles. The van der Waals surface area contributed by atoms with Crippen LogP contribution in [0.4, 0.5) is 13.2 Å². The predicted molar refractivity (Wildman–Crippen MR) is 139 cm³/mol. The molecule has 198 valence electrons. The second-order valence-corrected chi connectivity index (χ2v) is 10.5. The van der Waals surface area contributed by atoms with Crippen LogP contribution in [0.3, 0.4) is 0 Å². The zero-order chi connectivity index (χ0) is 27.8. The van der Waals surface area contributed by atoms with Crippen molar-refractivity contribution < 1.29 is 36.2 Å². The largest absolute Gasteiger partial charge is 0.478 e. The van der Waals surface area contributed by atoms with E-state index in [9.17, 15) is 26.4 Å². The van der Waals surface area contributed by atoms with Crippen LogP contribution in [0.15, 0.2) is 108 Å². The second-order valence-electron chi connectivity index (χ2n) is 8.74. The summed E-state index contributed by atoms with van der Waals surface area (Å²) in [7, 11) is -4.25. The number of para-hydroxylation sites is 1. The number of hydrogen-bond donors (Lipinski definition) is 1. The van der Waals surface area contributed by atoms with Crippen LogP contribution in [-0.4, -0.2) is 23.5 Å². The Hall–Kier alpha value is -4.57. The van der Waals surface area contributed by atoms with E-state index in [1.807, 2.05) is 6.07 Å². The average molecular weight is 552 g/mol. The number of carboxylic acids is 1. The zero-order valence-electron chi connectivity index (χ0n) is 20.1. The maximum Gasteiger partial charge on any atom is 0.416 e. The molecule has 0 aliphatic carbocycles. The summed E-state index contributed by atoms with van der Waals surface area (Å²) >= 11 is 0. The van der Waals surface area contributed by atoms with Crippen molar-refractivity contribution in [2.75, 3.05) is 0 Å². The lowest BCUT2D eigenvalue weighted by Crippen LogP contribution is -2.16. The number of alkyl halides is 3. The number of carbonyl (C=O) groups is 1. The van der Waals surface area contributed by atoms with Gasteiger partial charge in [-0.1, -0.05) is 30.3 Å². The van der Waals surface area contributed by atoms with Crippen LogP contribution in [0, 0.1) is 0 Å². The average Bonchev–Trinajstić information content (AvgIpc) is 3.27. The van der Waals surface area contributed by atoms with Crippen molar-refractivity contribution in [2.45, 2.75) is 17.5 Å². The normalized spacial score (nSPS) is 12.0. The van der Waals surface area contributed by atoms with Gasteiger partial charge >= 0.3 is 12.1 Å². The van der Waals surface area contributed by atoms with Crippen molar-refractivity contribution in [3.63, 3.8) is 0 Å². The summed E-state index contributed by atoms with van der Waals surface area (Å²) in [6.07, 6.45) is -4.57. The highest BCUT2D eigenvalue weighted by atomic mass is 32.2. The lowest BCUT2D eigenvalue weighted by Gasteiger charge is -2.14. The number of halogens is 3. The first-order chi connectivity index (χ1) is 18.5. The standard InChI is InChI=1S/C29H20F3NO5S/c30-29(31,32)22-10-15-27-21(17-22)18-23(16-19-6-8-20(9-7-19)28(34)35)33(27)39(36,37)26-13-11-25(12-14-26)38-24-4-2-1-3-5-24/h1-15,17-18H,16H2,(H,34,35). The van der Waals surface area contributed by atoms with Gasteiger partial charge in [0.2, 0.25) is 0 Å². The zero-order valence-corrected chi connectivity index (χ0v) is 20.9. The van der Waals surface area contributed by atoms with Crippen LogP contribution in [0.25, 0.3) is 10.9 Å². The Morgan fingerprint density at radius 1 is 0.821 bits per heavy atom. The Balaban J connectivity index is 1.57. The molecule has 0 amide bonds. The smallest absolute Gasteiger partial charge is 0.416 e. The summed E-state index contributed by atoms with van der Waals surface area (Å²) in [6.45, 7) is 0. The Morgan fingerprint density at radius 2 is 1.46 bits per heavy atom. The molecule has 39 heavy (non-hydrogen) atoms. The third-order valence-corrected chi connectivity index (χ3v) is 7.86. The second kappa shape index (κ2) is 9.95. The molecule has 4 aromatic carbocycles. The fourth-order valence-electron chi connectivity index (χ4n) is 4.21. The number of aromatic carboxylic acids is 1. The molecule has 0 atom stereocenters. The summed E-state index contributed by atoms with van der Waals surface area (Å²) < 4.78 is 74.6. The number of rotatable bonds is 7. The maximum atomic E-state index is 13.8. The summed E-state index contributed by atoms with van der Waals surface area (Å²) in [4.78, 5) is 11.1. The summed E-state index contributed by atoms with van der Waals surface area (Å²) in [5.41, 5.74) is 0.0487. The highest BCUT2D eigenvalue weighted by Gasteiger charge is 2.32. The summed E-state index contributed by atoms with van der Waals surface area (Å²) in [5.74, 6) is -0.134. The van der Waals surface area contributed by atoms with Crippen LogP contribution in [0.5, 0.6) is 11.5 Å². The number of fused-ring (bicyclic) bond motifs is 1. The van der Waals surface area contributed by atoms with Crippen molar-refractivity contribution in [3.05, 3.63) is 126 Å². The molecule has 1 aromatic heterocycles. The van der Waals surface area contributed by atoms with Crippen LogP contribution in [-0.2, 0) is 22.6 Å². The monoisotopic (exact) mass is 551 g/mol. The first kappa shape index (κ1) is 26.1. The minimum Gasteiger partial charge on any atom is -0.478 e. The molecule has 5 rings (SSSR count). The van der Waals surface area contributed by atoms with E-state index < -0.39 is 27.7 Å². The molecule has 0 bridgehead atoms. The van der Waals surface area contributed by atoms with Crippen LogP contribution < -0.4 is 4.74 Å². The number of hydrogen-bond acceptors (Lipinski definition) is 4. The van der Waals surface area contributed by atoms with Gasteiger partial charge in [0.1, 0.15) is 11.5 Å². The summed E-state index contributed by atoms with van der Waals surface area (Å²) in [6, 6.07) is 24.8. The Kier molecular flexibility index (Phi) is 6.65. The fourth-order valence-corrected chi connectivity index (χ4v) is 5.76. The number of ether oxygens (including phenoxy) is 1. The van der Waals surface area contributed by atoms with E-state index in [1.165, 1.54) is 54.6 Å². The quantitative estimate of drug-likeness (QED) is 0.236. The summed E-state index contributed by atoms with van der Waals surface area (Å²) in [5, 5.41) is 9.25. The van der Waals surface area contributed by atoms with Crippen molar-refractivity contribution in [1.29, 1.82) is 0 Å². The van der Waals surface area contributed by atoms with Crippen molar-refractivity contribution >= 4 is 26.9 Å². The Bertz CT molecular complexity index is 1760. The number of aromatic nitrogens is 1.